The van der Waals surface area contributed by atoms with Gasteiger partial charge in [0.25, 0.3) is 0 Å². The van der Waals surface area contributed by atoms with E-state index in [9.17, 15) is 4.79 Å². The van der Waals surface area contributed by atoms with Gasteiger partial charge in [-0.05, 0) is 50.3 Å². The van der Waals surface area contributed by atoms with Gasteiger partial charge >= 0.3 is 13.1 Å². The molecule has 0 spiro atoms. The Morgan fingerprint density at radius 3 is 2.43 bits per heavy atom. The minimum absolute atomic E-state index is 0.0499. The maximum Gasteiger partial charge on any atom is 0.494 e. The Morgan fingerprint density at radius 1 is 1.30 bits per heavy atom. The van der Waals surface area contributed by atoms with Gasteiger partial charge in [0.2, 0.25) is 0 Å². The van der Waals surface area contributed by atoms with Crippen LogP contribution in [0.25, 0.3) is 10.4 Å². The Labute approximate surface area is 135 Å². The zero-order valence-electron chi connectivity index (χ0n) is 14.0. The highest BCUT2D eigenvalue weighted by Crippen LogP contribution is 2.36. The molecule has 0 aromatic heterocycles. The van der Waals surface area contributed by atoms with Crippen LogP contribution in [0.3, 0.4) is 0 Å². The Morgan fingerprint density at radius 2 is 1.91 bits per heavy atom. The molecule has 1 aromatic rings. The van der Waals surface area contributed by atoms with Crippen LogP contribution in [0.5, 0.6) is 0 Å². The zero-order chi connectivity index (χ0) is 17.3. The molecule has 0 atom stereocenters. The molecule has 1 heterocycles. The van der Waals surface area contributed by atoms with E-state index < -0.39 is 24.3 Å². The predicted octanol–water partition coefficient (Wildman–Crippen LogP) is 2.58. The summed E-state index contributed by atoms with van der Waals surface area (Å²) in [7, 11) is 0.762. The van der Waals surface area contributed by atoms with Crippen molar-refractivity contribution in [3.8, 4) is 0 Å². The maximum absolute atomic E-state index is 11.8. The smallest absolute Gasteiger partial charge is 0.465 e. The lowest BCUT2D eigenvalue weighted by molar-refractivity contribution is 0.00578. The van der Waals surface area contributed by atoms with E-state index in [1.54, 1.807) is 18.2 Å². The molecule has 1 saturated heterocycles. The summed E-state index contributed by atoms with van der Waals surface area (Å²) < 4.78 is 16.7. The summed E-state index contributed by atoms with van der Waals surface area (Å²) in [6.45, 7) is 7.93. The van der Waals surface area contributed by atoms with Gasteiger partial charge in [-0.25, -0.2) is 4.79 Å². The van der Waals surface area contributed by atoms with Crippen molar-refractivity contribution in [2.45, 2.75) is 45.4 Å². The minimum Gasteiger partial charge on any atom is -0.465 e. The van der Waals surface area contributed by atoms with Crippen LogP contribution < -0.4 is 5.46 Å². The van der Waals surface area contributed by atoms with Gasteiger partial charge in [0.1, 0.15) is 0 Å². The molecule has 0 unspecified atom stereocenters. The van der Waals surface area contributed by atoms with Crippen LogP contribution in [-0.4, -0.2) is 31.4 Å². The van der Waals surface area contributed by atoms with Crippen molar-refractivity contribution in [1.29, 1.82) is 0 Å². The summed E-state index contributed by atoms with van der Waals surface area (Å²) >= 11 is 0. The van der Waals surface area contributed by atoms with Gasteiger partial charge in [-0.1, -0.05) is 17.2 Å². The number of carbonyl (C=O) groups is 1. The molecule has 0 radical (unpaired) electrons. The average Bonchev–Trinajstić information content (AvgIpc) is 2.72. The van der Waals surface area contributed by atoms with Gasteiger partial charge in [0, 0.05) is 4.91 Å². The zero-order valence-corrected chi connectivity index (χ0v) is 14.0. The number of carbonyl (C=O) groups excluding carboxylic acids is 1. The molecule has 2 rings (SSSR count). The highest BCUT2D eigenvalue weighted by Gasteiger charge is 2.51. The van der Waals surface area contributed by atoms with E-state index in [-0.39, 0.29) is 6.54 Å². The third-order valence-corrected chi connectivity index (χ3v) is 4.36. The van der Waals surface area contributed by atoms with E-state index in [2.05, 4.69) is 10.0 Å². The van der Waals surface area contributed by atoms with Crippen LogP contribution in [0.4, 0.5) is 0 Å². The Balaban J connectivity index is 2.38. The molecular formula is C15H20BN3O4. The van der Waals surface area contributed by atoms with Crippen molar-refractivity contribution in [3.63, 3.8) is 0 Å². The summed E-state index contributed by atoms with van der Waals surface area (Å²) in [6.07, 6.45) is 0. The highest BCUT2D eigenvalue weighted by atomic mass is 16.7. The summed E-state index contributed by atoms with van der Waals surface area (Å²) in [6, 6.07) is 5.14. The lowest BCUT2D eigenvalue weighted by Gasteiger charge is -2.32. The van der Waals surface area contributed by atoms with Crippen LogP contribution >= 0.6 is 0 Å². The van der Waals surface area contributed by atoms with Gasteiger partial charge in [-0.2, -0.15) is 0 Å². The SMILES string of the molecule is COC(=O)c1ccc(B2OC(C)(C)C(C)(C)O2)cc1CN=[N+]=[N-]. The van der Waals surface area contributed by atoms with Gasteiger partial charge in [-0.15, -0.1) is 0 Å². The van der Waals surface area contributed by atoms with Gasteiger partial charge < -0.3 is 14.0 Å². The molecule has 0 bridgehead atoms. The van der Waals surface area contributed by atoms with Crippen molar-refractivity contribution in [1.82, 2.24) is 0 Å². The number of hydrogen-bond donors (Lipinski definition) is 0. The molecule has 0 amide bonds. The van der Waals surface area contributed by atoms with Gasteiger partial charge in [0.15, 0.2) is 0 Å². The molecule has 23 heavy (non-hydrogen) atoms. The van der Waals surface area contributed by atoms with Crippen LogP contribution in [0, 0.1) is 0 Å². The molecule has 0 aliphatic carbocycles. The highest BCUT2D eigenvalue weighted by molar-refractivity contribution is 6.62. The topological polar surface area (TPSA) is 93.5 Å². The molecule has 1 aromatic carbocycles. The fraction of sp³-hybridized carbons (Fsp3) is 0.533. The van der Waals surface area contributed by atoms with E-state index in [4.69, 9.17) is 19.6 Å². The number of nitrogens with zero attached hydrogens (tertiary/aromatic N) is 3. The summed E-state index contributed by atoms with van der Waals surface area (Å²) in [5.74, 6) is -0.478. The largest absolute Gasteiger partial charge is 0.494 e. The van der Waals surface area contributed by atoms with Crippen LogP contribution in [0.2, 0.25) is 0 Å². The number of esters is 1. The van der Waals surface area contributed by atoms with E-state index in [1.807, 2.05) is 27.7 Å². The molecule has 122 valence electrons. The average molecular weight is 317 g/mol. The van der Waals surface area contributed by atoms with Crippen molar-refractivity contribution in [3.05, 3.63) is 39.8 Å². The molecule has 7 nitrogen and oxygen atoms in total. The molecule has 0 saturated carbocycles. The normalized spacial score (nSPS) is 18.4. The lowest BCUT2D eigenvalue weighted by atomic mass is 9.77. The monoisotopic (exact) mass is 317 g/mol. The Bertz CT molecular complexity index is 653. The second-order valence-corrected chi connectivity index (χ2v) is 6.39. The summed E-state index contributed by atoms with van der Waals surface area (Å²) in [5, 5.41) is 3.54. The second-order valence-electron chi connectivity index (χ2n) is 6.39. The summed E-state index contributed by atoms with van der Waals surface area (Å²) in [5.41, 5.74) is 9.31. The van der Waals surface area contributed by atoms with Crippen LogP contribution in [-0.2, 0) is 20.6 Å². The van der Waals surface area contributed by atoms with E-state index in [0.29, 0.717) is 11.1 Å². The second kappa shape index (κ2) is 6.24. The Hall–Kier alpha value is -2.02. The first-order chi connectivity index (χ1) is 10.7. The predicted molar refractivity (Wildman–Crippen MR) is 86.3 cm³/mol. The number of ether oxygens (including phenoxy) is 1. The first-order valence-corrected chi connectivity index (χ1v) is 7.29. The van der Waals surface area contributed by atoms with E-state index in [1.165, 1.54) is 7.11 Å². The van der Waals surface area contributed by atoms with Crippen LogP contribution in [0.1, 0.15) is 43.6 Å². The molecular weight excluding hydrogens is 297 g/mol. The minimum atomic E-state index is -0.545. The molecule has 1 aliphatic heterocycles. The quantitative estimate of drug-likeness (QED) is 0.280. The van der Waals surface area contributed by atoms with E-state index in [0.717, 1.165) is 5.46 Å². The fourth-order valence-corrected chi connectivity index (χ4v) is 2.29. The molecule has 1 aliphatic rings. The van der Waals surface area contributed by atoms with Gasteiger partial charge in [0.05, 0.1) is 30.4 Å². The number of azide groups is 1. The first kappa shape index (κ1) is 17.3. The number of benzene rings is 1. The Kier molecular flexibility index (Phi) is 4.70. The third kappa shape index (κ3) is 3.34. The first-order valence-electron chi connectivity index (χ1n) is 7.29. The molecule has 1 fully saturated rings. The number of methoxy groups -OCH3 is 1. The molecule has 8 heteroatoms. The molecule has 0 N–H and O–H groups in total. The number of hydrogen-bond acceptors (Lipinski definition) is 5. The van der Waals surface area contributed by atoms with Gasteiger partial charge in [-0.3, -0.25) is 0 Å². The standard InChI is InChI=1S/C15H20BN3O4/c1-14(2)15(3,4)23-16(22-14)11-6-7-12(13(20)21-5)10(8-11)9-18-19-17/h6-8H,9H2,1-5H3. The summed E-state index contributed by atoms with van der Waals surface area (Å²) in [4.78, 5) is 14.6. The van der Waals surface area contributed by atoms with Crippen molar-refractivity contribution in [2.75, 3.05) is 7.11 Å². The van der Waals surface area contributed by atoms with Crippen LogP contribution in [0.15, 0.2) is 23.3 Å². The fourth-order valence-electron chi connectivity index (χ4n) is 2.29. The van der Waals surface area contributed by atoms with Crippen molar-refractivity contribution in [2.24, 2.45) is 5.11 Å². The third-order valence-electron chi connectivity index (χ3n) is 4.36. The lowest BCUT2D eigenvalue weighted by Crippen LogP contribution is -2.41. The number of rotatable bonds is 4. The van der Waals surface area contributed by atoms with Crippen molar-refractivity contribution < 1.29 is 18.8 Å². The van der Waals surface area contributed by atoms with Crippen molar-refractivity contribution >= 4 is 18.6 Å². The maximum atomic E-state index is 11.8. The van der Waals surface area contributed by atoms with E-state index >= 15 is 0 Å².